The number of hydrogen-bond acceptors (Lipinski definition) is 3. The molecule has 0 saturated carbocycles. The van der Waals surface area contributed by atoms with Crippen molar-refractivity contribution in [2.75, 3.05) is 26.4 Å². The van der Waals surface area contributed by atoms with Crippen LogP contribution in [0.5, 0.6) is 5.75 Å². The molecule has 1 rings (SSSR count). The van der Waals surface area contributed by atoms with Crippen molar-refractivity contribution in [3.05, 3.63) is 30.3 Å². The molecule has 0 bridgehead atoms. The van der Waals surface area contributed by atoms with E-state index in [1.54, 1.807) is 0 Å². The van der Waals surface area contributed by atoms with Gasteiger partial charge in [-0.1, -0.05) is 25.1 Å². The van der Waals surface area contributed by atoms with Crippen molar-refractivity contribution in [3.8, 4) is 5.75 Å². The van der Waals surface area contributed by atoms with E-state index < -0.39 is 0 Å². The van der Waals surface area contributed by atoms with Gasteiger partial charge in [-0.05, 0) is 25.5 Å². The van der Waals surface area contributed by atoms with Crippen LogP contribution in [-0.2, 0) is 4.74 Å². The van der Waals surface area contributed by atoms with Crippen molar-refractivity contribution in [2.45, 2.75) is 26.3 Å². The first kappa shape index (κ1) is 14.0. The summed E-state index contributed by atoms with van der Waals surface area (Å²) in [7, 11) is 0. The summed E-state index contributed by atoms with van der Waals surface area (Å²) in [4.78, 5) is 0. The second kappa shape index (κ2) is 9.02. The van der Waals surface area contributed by atoms with Crippen molar-refractivity contribution < 1.29 is 9.47 Å². The van der Waals surface area contributed by atoms with Crippen molar-refractivity contribution in [2.24, 2.45) is 0 Å². The molecule has 0 heterocycles. The number of hydrogen-bond donors (Lipinski definition) is 1. The molecular formula is C14H23NO2. The Bertz CT molecular complexity index is 277. The molecule has 0 aliphatic rings. The minimum absolute atomic E-state index is 0.569. The summed E-state index contributed by atoms with van der Waals surface area (Å²) in [5.74, 6) is 0.897. The lowest BCUT2D eigenvalue weighted by atomic mass is 10.3. The summed E-state index contributed by atoms with van der Waals surface area (Å²) >= 11 is 0. The third kappa shape index (κ3) is 6.97. The van der Waals surface area contributed by atoms with E-state index in [2.05, 4.69) is 19.2 Å². The molecule has 0 aliphatic carbocycles. The lowest BCUT2D eigenvalue weighted by Crippen LogP contribution is -2.29. The van der Waals surface area contributed by atoms with Crippen LogP contribution in [0, 0.1) is 0 Å². The molecule has 96 valence electrons. The molecule has 0 amide bonds. The van der Waals surface area contributed by atoms with E-state index in [4.69, 9.17) is 9.47 Å². The molecule has 0 saturated heterocycles. The maximum Gasteiger partial charge on any atom is 0.119 e. The van der Waals surface area contributed by atoms with Crippen molar-refractivity contribution in [1.82, 2.24) is 5.32 Å². The molecule has 1 aromatic carbocycles. The van der Waals surface area contributed by atoms with Gasteiger partial charge in [0.25, 0.3) is 0 Å². The summed E-state index contributed by atoms with van der Waals surface area (Å²) in [5.41, 5.74) is 0. The number of benzene rings is 1. The van der Waals surface area contributed by atoms with E-state index in [-0.39, 0.29) is 0 Å². The van der Waals surface area contributed by atoms with E-state index in [1.165, 1.54) is 0 Å². The van der Waals surface area contributed by atoms with Gasteiger partial charge in [-0.3, -0.25) is 0 Å². The average molecular weight is 237 g/mol. The number of para-hydroxylation sites is 1. The molecule has 1 aromatic rings. The Kier molecular flexibility index (Phi) is 7.43. The fraction of sp³-hybridized carbons (Fsp3) is 0.571. The van der Waals surface area contributed by atoms with E-state index in [9.17, 15) is 0 Å². The van der Waals surface area contributed by atoms with Gasteiger partial charge in [0, 0.05) is 12.6 Å². The first-order valence-corrected chi connectivity index (χ1v) is 6.32. The maximum atomic E-state index is 5.51. The van der Waals surface area contributed by atoms with Crippen LogP contribution in [-0.4, -0.2) is 32.4 Å². The Labute approximate surface area is 104 Å². The van der Waals surface area contributed by atoms with Gasteiger partial charge in [0.1, 0.15) is 12.4 Å². The van der Waals surface area contributed by atoms with Gasteiger partial charge >= 0.3 is 0 Å². The van der Waals surface area contributed by atoms with Gasteiger partial charge in [-0.2, -0.15) is 0 Å². The van der Waals surface area contributed by atoms with E-state index in [0.29, 0.717) is 19.3 Å². The van der Waals surface area contributed by atoms with Crippen molar-refractivity contribution in [3.63, 3.8) is 0 Å². The summed E-state index contributed by atoms with van der Waals surface area (Å²) in [6.45, 7) is 7.23. The maximum absolute atomic E-state index is 5.51. The van der Waals surface area contributed by atoms with Crippen LogP contribution in [0.1, 0.15) is 20.3 Å². The Morgan fingerprint density at radius 3 is 2.59 bits per heavy atom. The quantitative estimate of drug-likeness (QED) is 0.669. The molecule has 1 N–H and O–H groups in total. The van der Waals surface area contributed by atoms with Crippen molar-refractivity contribution >= 4 is 0 Å². The molecule has 0 spiro atoms. The van der Waals surface area contributed by atoms with Crippen LogP contribution in [0.3, 0.4) is 0 Å². The Morgan fingerprint density at radius 1 is 1.12 bits per heavy atom. The molecule has 0 fully saturated rings. The average Bonchev–Trinajstić information content (AvgIpc) is 2.38. The molecule has 0 radical (unpaired) electrons. The third-order valence-electron chi connectivity index (χ3n) is 2.59. The summed E-state index contributed by atoms with van der Waals surface area (Å²) in [6, 6.07) is 10.4. The number of ether oxygens (including phenoxy) is 2. The van der Waals surface area contributed by atoms with E-state index in [0.717, 1.165) is 25.3 Å². The Hall–Kier alpha value is -1.06. The normalized spacial score (nSPS) is 12.4. The minimum atomic E-state index is 0.569. The van der Waals surface area contributed by atoms with Gasteiger partial charge in [0.2, 0.25) is 0 Å². The summed E-state index contributed by atoms with van der Waals surface area (Å²) in [6.07, 6.45) is 1.15. The molecule has 0 aromatic heterocycles. The van der Waals surface area contributed by atoms with E-state index >= 15 is 0 Å². The van der Waals surface area contributed by atoms with Crippen LogP contribution < -0.4 is 10.1 Å². The third-order valence-corrected chi connectivity index (χ3v) is 2.59. The fourth-order valence-corrected chi connectivity index (χ4v) is 1.36. The predicted octanol–water partition coefficient (Wildman–Crippen LogP) is 2.47. The highest BCUT2D eigenvalue weighted by molar-refractivity contribution is 5.20. The first-order chi connectivity index (χ1) is 8.33. The van der Waals surface area contributed by atoms with Crippen LogP contribution >= 0.6 is 0 Å². The standard InChI is InChI=1S/C14H23NO2/c1-3-13(2)15-9-10-16-11-12-17-14-7-5-4-6-8-14/h4-8,13,15H,3,9-12H2,1-2H3/t13-/m1/s1. The number of rotatable bonds is 9. The van der Waals surface area contributed by atoms with Crippen molar-refractivity contribution in [1.29, 1.82) is 0 Å². The largest absolute Gasteiger partial charge is 0.491 e. The Morgan fingerprint density at radius 2 is 1.88 bits per heavy atom. The highest BCUT2D eigenvalue weighted by Gasteiger charge is 1.96. The minimum Gasteiger partial charge on any atom is -0.491 e. The highest BCUT2D eigenvalue weighted by Crippen LogP contribution is 2.07. The molecule has 1 atom stereocenters. The molecule has 3 nitrogen and oxygen atoms in total. The number of nitrogens with one attached hydrogen (secondary N) is 1. The predicted molar refractivity (Wildman–Crippen MR) is 70.5 cm³/mol. The first-order valence-electron chi connectivity index (χ1n) is 6.32. The van der Waals surface area contributed by atoms with E-state index in [1.807, 2.05) is 30.3 Å². The second-order valence-corrected chi connectivity index (χ2v) is 4.04. The van der Waals surface area contributed by atoms with Gasteiger partial charge in [-0.15, -0.1) is 0 Å². The zero-order valence-corrected chi connectivity index (χ0v) is 10.8. The molecule has 0 aliphatic heterocycles. The monoisotopic (exact) mass is 237 g/mol. The topological polar surface area (TPSA) is 30.5 Å². The zero-order chi connectivity index (χ0) is 12.3. The summed E-state index contributed by atoms with van der Waals surface area (Å²) in [5, 5.41) is 3.38. The lowest BCUT2D eigenvalue weighted by Gasteiger charge is -2.11. The van der Waals surface area contributed by atoms with Gasteiger partial charge in [0.05, 0.1) is 13.2 Å². The second-order valence-electron chi connectivity index (χ2n) is 4.04. The van der Waals surface area contributed by atoms with Gasteiger partial charge in [0.15, 0.2) is 0 Å². The van der Waals surface area contributed by atoms with Gasteiger partial charge in [-0.25, -0.2) is 0 Å². The van der Waals surface area contributed by atoms with Crippen LogP contribution in [0.2, 0.25) is 0 Å². The summed E-state index contributed by atoms with van der Waals surface area (Å²) < 4.78 is 11.0. The Balaban J connectivity index is 1.91. The zero-order valence-electron chi connectivity index (χ0n) is 10.8. The fourth-order valence-electron chi connectivity index (χ4n) is 1.36. The highest BCUT2D eigenvalue weighted by atomic mass is 16.5. The lowest BCUT2D eigenvalue weighted by molar-refractivity contribution is 0.100. The smallest absolute Gasteiger partial charge is 0.119 e. The molecule has 17 heavy (non-hydrogen) atoms. The SMILES string of the molecule is CC[C@@H](C)NCCOCCOc1ccccc1. The molecule has 3 heteroatoms. The molecular weight excluding hydrogens is 214 g/mol. The van der Waals surface area contributed by atoms with Crippen LogP contribution in [0.15, 0.2) is 30.3 Å². The van der Waals surface area contributed by atoms with Crippen LogP contribution in [0.25, 0.3) is 0 Å². The van der Waals surface area contributed by atoms with Gasteiger partial charge < -0.3 is 14.8 Å². The van der Waals surface area contributed by atoms with Crippen LogP contribution in [0.4, 0.5) is 0 Å². The molecule has 0 unspecified atom stereocenters.